The fourth-order valence-corrected chi connectivity index (χ4v) is 1.38. The van der Waals surface area contributed by atoms with Gasteiger partial charge < -0.3 is 15.6 Å². The number of carboxylic acid groups (broad SMARTS) is 1. The summed E-state index contributed by atoms with van der Waals surface area (Å²) in [5, 5.41) is 8.42. The second-order valence-corrected chi connectivity index (χ2v) is 4.16. The molecule has 1 atom stereocenters. The average Bonchev–Trinajstić information content (AvgIpc) is 2.27. The van der Waals surface area contributed by atoms with E-state index >= 15 is 0 Å². The fourth-order valence-electron chi connectivity index (χ4n) is 1.38. The topological polar surface area (TPSA) is 107 Å². The standard InChI is InChI=1S/C12H21NO5/c1-2-3-4-5-6-7-11(16)18-12(17)9(13)8-10(14)15/h9H,2-8,13H2,1H3,(H,14,15)/t9-/m0/s1. The molecule has 6 heteroatoms. The number of carbonyl (C=O) groups is 3. The predicted octanol–water partition coefficient (Wildman–Crippen LogP) is 1.22. The Bertz CT molecular complexity index is 290. The van der Waals surface area contributed by atoms with Crippen LogP contribution in [0.15, 0.2) is 0 Å². The largest absolute Gasteiger partial charge is 0.481 e. The van der Waals surface area contributed by atoms with E-state index in [-0.39, 0.29) is 6.42 Å². The Kier molecular flexibility index (Phi) is 8.82. The van der Waals surface area contributed by atoms with Gasteiger partial charge in [0.2, 0.25) is 0 Å². The number of nitrogens with two attached hydrogens (primary N) is 1. The van der Waals surface area contributed by atoms with Gasteiger partial charge in [-0.05, 0) is 6.42 Å². The lowest BCUT2D eigenvalue weighted by atomic mass is 10.1. The first-order valence-electron chi connectivity index (χ1n) is 6.19. The Hall–Kier alpha value is -1.43. The molecule has 18 heavy (non-hydrogen) atoms. The van der Waals surface area contributed by atoms with Gasteiger partial charge in [0, 0.05) is 6.42 Å². The Balaban J connectivity index is 3.73. The first-order chi connectivity index (χ1) is 8.47. The summed E-state index contributed by atoms with van der Waals surface area (Å²) in [5.74, 6) is -2.82. The van der Waals surface area contributed by atoms with Crippen LogP contribution in [0.4, 0.5) is 0 Å². The maximum Gasteiger partial charge on any atom is 0.331 e. The summed E-state index contributed by atoms with van der Waals surface area (Å²) in [6.45, 7) is 2.09. The van der Waals surface area contributed by atoms with E-state index in [0.717, 1.165) is 25.7 Å². The van der Waals surface area contributed by atoms with E-state index in [4.69, 9.17) is 10.8 Å². The summed E-state index contributed by atoms with van der Waals surface area (Å²) in [6.07, 6.45) is 4.50. The Labute approximate surface area is 106 Å². The molecule has 0 amide bonds. The van der Waals surface area contributed by atoms with Gasteiger partial charge in [0.1, 0.15) is 6.04 Å². The van der Waals surface area contributed by atoms with E-state index in [2.05, 4.69) is 11.7 Å². The number of unbranched alkanes of at least 4 members (excludes halogenated alkanes) is 4. The number of hydrogen-bond donors (Lipinski definition) is 2. The number of esters is 2. The highest BCUT2D eigenvalue weighted by Gasteiger charge is 2.21. The third-order valence-electron chi connectivity index (χ3n) is 2.40. The molecule has 0 aliphatic heterocycles. The van der Waals surface area contributed by atoms with Gasteiger partial charge in [-0.3, -0.25) is 9.59 Å². The van der Waals surface area contributed by atoms with Crippen LogP contribution in [0.2, 0.25) is 0 Å². The summed E-state index contributed by atoms with van der Waals surface area (Å²) in [6, 6.07) is -1.29. The smallest absolute Gasteiger partial charge is 0.331 e. The lowest BCUT2D eigenvalue weighted by molar-refractivity contribution is -0.162. The van der Waals surface area contributed by atoms with E-state index < -0.39 is 30.4 Å². The minimum Gasteiger partial charge on any atom is -0.481 e. The van der Waals surface area contributed by atoms with E-state index in [1.54, 1.807) is 0 Å². The van der Waals surface area contributed by atoms with Crippen LogP contribution in [0.5, 0.6) is 0 Å². The molecule has 3 N–H and O–H groups in total. The molecule has 0 unspecified atom stereocenters. The zero-order valence-electron chi connectivity index (χ0n) is 10.7. The number of hydrogen-bond acceptors (Lipinski definition) is 5. The third kappa shape index (κ3) is 8.69. The molecule has 0 aromatic carbocycles. The number of carboxylic acids is 1. The van der Waals surface area contributed by atoms with Crippen LogP contribution >= 0.6 is 0 Å². The van der Waals surface area contributed by atoms with Gasteiger partial charge in [0.25, 0.3) is 0 Å². The molecule has 0 bridgehead atoms. The Morgan fingerprint density at radius 2 is 1.78 bits per heavy atom. The minimum atomic E-state index is -1.29. The van der Waals surface area contributed by atoms with E-state index in [1.807, 2.05) is 0 Å². The number of carbonyl (C=O) groups excluding carboxylic acids is 2. The molecule has 6 nitrogen and oxygen atoms in total. The zero-order valence-corrected chi connectivity index (χ0v) is 10.7. The third-order valence-corrected chi connectivity index (χ3v) is 2.40. The van der Waals surface area contributed by atoms with Crippen LogP contribution in [-0.2, 0) is 19.1 Å². The first kappa shape index (κ1) is 16.6. The molecular weight excluding hydrogens is 238 g/mol. The number of aliphatic carboxylic acids is 1. The normalized spacial score (nSPS) is 11.9. The van der Waals surface area contributed by atoms with E-state index in [0.29, 0.717) is 6.42 Å². The van der Waals surface area contributed by atoms with Crippen molar-refractivity contribution in [2.45, 2.75) is 57.9 Å². The lowest BCUT2D eigenvalue weighted by Crippen LogP contribution is -2.35. The van der Waals surface area contributed by atoms with Crippen molar-refractivity contribution < 1.29 is 24.2 Å². The average molecular weight is 259 g/mol. The summed E-state index contributed by atoms with van der Waals surface area (Å²) in [7, 11) is 0. The molecule has 0 saturated carbocycles. The highest BCUT2D eigenvalue weighted by molar-refractivity contribution is 5.90. The highest BCUT2D eigenvalue weighted by Crippen LogP contribution is 2.06. The monoisotopic (exact) mass is 259 g/mol. The van der Waals surface area contributed by atoms with Crippen LogP contribution in [0.1, 0.15) is 51.9 Å². The second kappa shape index (κ2) is 9.58. The van der Waals surface area contributed by atoms with Crippen LogP contribution < -0.4 is 5.73 Å². The Morgan fingerprint density at radius 1 is 1.17 bits per heavy atom. The quantitative estimate of drug-likeness (QED) is 0.366. The van der Waals surface area contributed by atoms with Crippen molar-refractivity contribution in [3.05, 3.63) is 0 Å². The summed E-state index contributed by atoms with van der Waals surface area (Å²) >= 11 is 0. The van der Waals surface area contributed by atoms with Crippen LogP contribution in [-0.4, -0.2) is 29.1 Å². The zero-order chi connectivity index (χ0) is 14.0. The molecule has 0 aromatic rings. The van der Waals surface area contributed by atoms with Gasteiger partial charge in [-0.2, -0.15) is 0 Å². The molecule has 0 aliphatic rings. The molecule has 0 aliphatic carbocycles. The van der Waals surface area contributed by atoms with Gasteiger partial charge in [0.15, 0.2) is 0 Å². The maximum atomic E-state index is 11.2. The predicted molar refractivity (Wildman–Crippen MR) is 64.7 cm³/mol. The maximum absolute atomic E-state index is 11.2. The molecule has 104 valence electrons. The van der Waals surface area contributed by atoms with Gasteiger partial charge >= 0.3 is 17.9 Å². The van der Waals surface area contributed by atoms with Gasteiger partial charge in [-0.15, -0.1) is 0 Å². The number of rotatable bonds is 9. The highest BCUT2D eigenvalue weighted by atomic mass is 16.6. The van der Waals surface area contributed by atoms with Crippen LogP contribution in [0, 0.1) is 0 Å². The van der Waals surface area contributed by atoms with Gasteiger partial charge in [0.05, 0.1) is 6.42 Å². The molecule has 0 heterocycles. The molecule has 0 rings (SSSR count). The lowest BCUT2D eigenvalue weighted by Gasteiger charge is -2.07. The van der Waals surface area contributed by atoms with Gasteiger partial charge in [-0.1, -0.05) is 32.6 Å². The van der Waals surface area contributed by atoms with E-state index in [1.165, 1.54) is 0 Å². The molecule has 0 saturated heterocycles. The van der Waals surface area contributed by atoms with Gasteiger partial charge in [-0.25, -0.2) is 4.79 Å². The van der Waals surface area contributed by atoms with Crippen molar-refractivity contribution >= 4 is 17.9 Å². The second-order valence-electron chi connectivity index (χ2n) is 4.16. The van der Waals surface area contributed by atoms with Crippen LogP contribution in [0.3, 0.4) is 0 Å². The number of ether oxygens (including phenoxy) is 1. The molecule has 0 spiro atoms. The van der Waals surface area contributed by atoms with Crippen molar-refractivity contribution in [1.29, 1.82) is 0 Å². The molecular formula is C12H21NO5. The van der Waals surface area contributed by atoms with Crippen LogP contribution in [0.25, 0.3) is 0 Å². The van der Waals surface area contributed by atoms with E-state index in [9.17, 15) is 14.4 Å². The molecule has 0 aromatic heterocycles. The van der Waals surface area contributed by atoms with Crippen molar-refractivity contribution in [3.63, 3.8) is 0 Å². The van der Waals surface area contributed by atoms with Crippen molar-refractivity contribution in [1.82, 2.24) is 0 Å². The van der Waals surface area contributed by atoms with Crippen molar-refractivity contribution in [2.24, 2.45) is 5.73 Å². The minimum absolute atomic E-state index is 0.162. The first-order valence-corrected chi connectivity index (χ1v) is 6.19. The SMILES string of the molecule is CCCCCCCC(=O)OC(=O)[C@@H](N)CC(=O)O. The van der Waals surface area contributed by atoms with Crippen molar-refractivity contribution in [2.75, 3.05) is 0 Å². The fraction of sp³-hybridized carbons (Fsp3) is 0.750. The molecule has 0 fully saturated rings. The Morgan fingerprint density at radius 3 is 2.33 bits per heavy atom. The summed E-state index contributed by atoms with van der Waals surface area (Å²) < 4.78 is 4.45. The van der Waals surface area contributed by atoms with Crippen molar-refractivity contribution in [3.8, 4) is 0 Å². The summed E-state index contributed by atoms with van der Waals surface area (Å²) in [5.41, 5.74) is 5.25. The molecule has 0 radical (unpaired) electrons. The summed E-state index contributed by atoms with van der Waals surface area (Å²) in [4.78, 5) is 32.7.